The third-order valence-electron chi connectivity index (χ3n) is 1.81. The van der Waals surface area contributed by atoms with Gasteiger partial charge in [0.05, 0.1) is 6.61 Å². The Morgan fingerprint density at radius 3 is 2.31 bits per heavy atom. The first-order chi connectivity index (χ1) is 7.65. The van der Waals surface area contributed by atoms with Crippen molar-refractivity contribution in [2.24, 2.45) is 0 Å². The molecule has 92 valence electrons. The molecule has 0 spiro atoms. The molecule has 1 aromatic carbocycles. The maximum atomic E-state index is 13.0. The second-order valence-electron chi connectivity index (χ2n) is 2.85. The SMILES string of the molecule is CC.COCCOc1cc(F)cc(F)c1C. The third kappa shape index (κ3) is 4.57. The van der Waals surface area contributed by atoms with Gasteiger partial charge in [-0.05, 0) is 6.92 Å². The summed E-state index contributed by atoms with van der Waals surface area (Å²) in [6.07, 6.45) is 0. The lowest BCUT2D eigenvalue weighted by Crippen LogP contribution is -2.06. The lowest BCUT2D eigenvalue weighted by Gasteiger charge is -2.09. The smallest absolute Gasteiger partial charge is 0.132 e. The zero-order chi connectivity index (χ0) is 12.6. The van der Waals surface area contributed by atoms with Crippen LogP contribution in [-0.4, -0.2) is 20.3 Å². The van der Waals surface area contributed by atoms with Crippen molar-refractivity contribution < 1.29 is 18.3 Å². The van der Waals surface area contributed by atoms with E-state index in [1.807, 2.05) is 13.8 Å². The summed E-state index contributed by atoms with van der Waals surface area (Å²) in [5.41, 5.74) is 0.308. The van der Waals surface area contributed by atoms with Gasteiger partial charge >= 0.3 is 0 Å². The molecule has 1 rings (SSSR count). The van der Waals surface area contributed by atoms with E-state index in [-0.39, 0.29) is 12.4 Å². The molecular formula is C12H18F2O2. The summed E-state index contributed by atoms with van der Waals surface area (Å²) in [6.45, 7) is 6.20. The van der Waals surface area contributed by atoms with E-state index in [1.165, 1.54) is 14.0 Å². The first-order valence-corrected chi connectivity index (χ1v) is 5.22. The number of ether oxygens (including phenoxy) is 2. The molecule has 0 fully saturated rings. The number of hydrogen-bond donors (Lipinski definition) is 0. The Morgan fingerprint density at radius 2 is 1.75 bits per heavy atom. The minimum absolute atomic E-state index is 0.222. The molecule has 0 atom stereocenters. The third-order valence-corrected chi connectivity index (χ3v) is 1.81. The van der Waals surface area contributed by atoms with E-state index in [2.05, 4.69) is 0 Å². The fourth-order valence-corrected chi connectivity index (χ4v) is 1.01. The second kappa shape index (κ2) is 8.05. The Hall–Kier alpha value is -1.16. The molecule has 0 heterocycles. The van der Waals surface area contributed by atoms with Gasteiger partial charge in [-0.2, -0.15) is 0 Å². The lowest BCUT2D eigenvalue weighted by atomic mass is 10.2. The Bertz CT molecular complexity index is 314. The molecule has 0 aliphatic heterocycles. The average molecular weight is 232 g/mol. The van der Waals surface area contributed by atoms with E-state index >= 15 is 0 Å². The monoisotopic (exact) mass is 232 g/mol. The Labute approximate surface area is 95.2 Å². The van der Waals surface area contributed by atoms with Crippen molar-refractivity contribution >= 4 is 0 Å². The van der Waals surface area contributed by atoms with Gasteiger partial charge in [-0.3, -0.25) is 0 Å². The molecule has 0 aliphatic carbocycles. The van der Waals surface area contributed by atoms with E-state index in [0.29, 0.717) is 12.2 Å². The molecule has 4 heteroatoms. The van der Waals surface area contributed by atoms with E-state index < -0.39 is 11.6 Å². The van der Waals surface area contributed by atoms with Crippen LogP contribution in [-0.2, 0) is 4.74 Å². The highest BCUT2D eigenvalue weighted by Crippen LogP contribution is 2.22. The van der Waals surface area contributed by atoms with E-state index in [4.69, 9.17) is 9.47 Å². The molecule has 1 aromatic rings. The van der Waals surface area contributed by atoms with Gasteiger partial charge in [0, 0.05) is 24.8 Å². The van der Waals surface area contributed by atoms with Gasteiger partial charge in [-0.1, -0.05) is 13.8 Å². The van der Waals surface area contributed by atoms with Crippen LogP contribution in [0.3, 0.4) is 0 Å². The number of benzene rings is 1. The van der Waals surface area contributed by atoms with Crippen LogP contribution in [0.4, 0.5) is 8.78 Å². The Kier molecular flexibility index (Phi) is 7.46. The largest absolute Gasteiger partial charge is 0.491 e. The zero-order valence-corrected chi connectivity index (χ0v) is 10.1. The van der Waals surface area contributed by atoms with Crippen LogP contribution >= 0.6 is 0 Å². The quantitative estimate of drug-likeness (QED) is 0.741. The van der Waals surface area contributed by atoms with Crippen LogP contribution in [0.5, 0.6) is 5.75 Å². The van der Waals surface area contributed by atoms with Crippen molar-refractivity contribution in [2.75, 3.05) is 20.3 Å². The minimum Gasteiger partial charge on any atom is -0.491 e. The van der Waals surface area contributed by atoms with Gasteiger partial charge in [-0.25, -0.2) is 8.78 Å². The fourth-order valence-electron chi connectivity index (χ4n) is 1.01. The van der Waals surface area contributed by atoms with Crippen molar-refractivity contribution in [1.82, 2.24) is 0 Å². The molecule has 2 nitrogen and oxygen atoms in total. The summed E-state index contributed by atoms with van der Waals surface area (Å²) in [5.74, 6) is -1.02. The van der Waals surface area contributed by atoms with E-state index in [1.54, 1.807) is 0 Å². The average Bonchev–Trinajstić information content (AvgIpc) is 2.28. The molecule has 0 unspecified atom stereocenters. The molecular weight excluding hydrogens is 214 g/mol. The van der Waals surface area contributed by atoms with Gasteiger partial charge in [0.15, 0.2) is 0 Å². The zero-order valence-electron chi connectivity index (χ0n) is 10.1. The van der Waals surface area contributed by atoms with Crippen molar-refractivity contribution in [1.29, 1.82) is 0 Å². The summed E-state index contributed by atoms with van der Waals surface area (Å²) in [5, 5.41) is 0. The summed E-state index contributed by atoms with van der Waals surface area (Å²) in [4.78, 5) is 0. The van der Waals surface area contributed by atoms with Crippen LogP contribution in [0, 0.1) is 18.6 Å². The maximum absolute atomic E-state index is 13.0. The van der Waals surface area contributed by atoms with Gasteiger partial charge in [0.25, 0.3) is 0 Å². The molecule has 0 radical (unpaired) electrons. The predicted octanol–water partition coefficient (Wildman–Crippen LogP) is 3.32. The van der Waals surface area contributed by atoms with Gasteiger partial charge in [0.2, 0.25) is 0 Å². The lowest BCUT2D eigenvalue weighted by molar-refractivity contribution is 0.145. The standard InChI is InChI=1S/C10H12F2O2.C2H6/c1-7-9(12)5-8(11)6-10(7)14-4-3-13-2;1-2/h5-6H,3-4H2,1-2H3;1-2H3. The topological polar surface area (TPSA) is 18.5 Å². The molecule has 0 N–H and O–H groups in total. The summed E-state index contributed by atoms with van der Waals surface area (Å²) < 4.78 is 35.6. The van der Waals surface area contributed by atoms with Gasteiger partial charge in [-0.15, -0.1) is 0 Å². The van der Waals surface area contributed by atoms with Crippen molar-refractivity contribution in [2.45, 2.75) is 20.8 Å². The number of rotatable bonds is 4. The number of hydrogen-bond acceptors (Lipinski definition) is 2. The minimum atomic E-state index is -0.638. The molecule has 0 saturated carbocycles. The molecule has 16 heavy (non-hydrogen) atoms. The highest BCUT2D eigenvalue weighted by Gasteiger charge is 2.07. The maximum Gasteiger partial charge on any atom is 0.132 e. The molecule has 0 aliphatic rings. The molecule has 0 amide bonds. The normalized spacial score (nSPS) is 9.38. The molecule has 0 saturated heterocycles. The number of methoxy groups -OCH3 is 1. The van der Waals surface area contributed by atoms with Crippen molar-refractivity contribution in [3.63, 3.8) is 0 Å². The van der Waals surface area contributed by atoms with E-state index in [0.717, 1.165) is 12.1 Å². The van der Waals surface area contributed by atoms with Crippen LogP contribution in [0.25, 0.3) is 0 Å². The van der Waals surface area contributed by atoms with Crippen molar-refractivity contribution in [3.8, 4) is 5.75 Å². The van der Waals surface area contributed by atoms with Crippen LogP contribution in [0.15, 0.2) is 12.1 Å². The van der Waals surface area contributed by atoms with E-state index in [9.17, 15) is 8.78 Å². The van der Waals surface area contributed by atoms with Crippen LogP contribution in [0.1, 0.15) is 19.4 Å². The fraction of sp³-hybridized carbons (Fsp3) is 0.500. The summed E-state index contributed by atoms with van der Waals surface area (Å²) in [6, 6.07) is 1.99. The van der Waals surface area contributed by atoms with Gasteiger partial charge in [0.1, 0.15) is 24.0 Å². The molecule has 0 bridgehead atoms. The summed E-state index contributed by atoms with van der Waals surface area (Å²) >= 11 is 0. The Morgan fingerprint density at radius 1 is 1.12 bits per heavy atom. The highest BCUT2D eigenvalue weighted by molar-refractivity contribution is 5.34. The molecule has 0 aromatic heterocycles. The first-order valence-electron chi connectivity index (χ1n) is 5.22. The van der Waals surface area contributed by atoms with Gasteiger partial charge < -0.3 is 9.47 Å². The van der Waals surface area contributed by atoms with Crippen molar-refractivity contribution in [3.05, 3.63) is 29.3 Å². The Balaban J connectivity index is 0.00000106. The van der Waals surface area contributed by atoms with Crippen LogP contribution in [0.2, 0.25) is 0 Å². The van der Waals surface area contributed by atoms with Crippen LogP contribution < -0.4 is 4.74 Å². The first kappa shape index (κ1) is 14.8. The number of halogens is 2. The second-order valence-corrected chi connectivity index (χ2v) is 2.85. The highest BCUT2D eigenvalue weighted by atomic mass is 19.1. The predicted molar refractivity (Wildman–Crippen MR) is 59.8 cm³/mol. The summed E-state index contributed by atoms with van der Waals surface area (Å²) in [7, 11) is 1.53.